The highest BCUT2D eigenvalue weighted by Gasteiger charge is 2.24. The third-order valence-electron chi connectivity index (χ3n) is 4.58. The van der Waals surface area contributed by atoms with Gasteiger partial charge in [0, 0.05) is 31.3 Å². The van der Waals surface area contributed by atoms with E-state index in [1.54, 1.807) is 18.0 Å². The smallest absolute Gasteiger partial charge is 0.251 e. The number of rotatable bonds is 5. The van der Waals surface area contributed by atoms with E-state index in [1.165, 1.54) is 0 Å². The highest BCUT2D eigenvalue weighted by atomic mass is 16.3. The van der Waals surface area contributed by atoms with Gasteiger partial charge in [0.1, 0.15) is 0 Å². The van der Waals surface area contributed by atoms with Crippen molar-refractivity contribution < 1.29 is 14.7 Å². The van der Waals surface area contributed by atoms with E-state index < -0.39 is 5.60 Å². The van der Waals surface area contributed by atoms with Gasteiger partial charge in [-0.25, -0.2) is 0 Å². The number of amides is 2. The van der Waals surface area contributed by atoms with Crippen LogP contribution in [0.15, 0.2) is 18.2 Å². The van der Waals surface area contributed by atoms with E-state index in [0.29, 0.717) is 31.2 Å². The van der Waals surface area contributed by atoms with Gasteiger partial charge in [0.2, 0.25) is 5.91 Å². The van der Waals surface area contributed by atoms with Gasteiger partial charge in [0.25, 0.3) is 5.91 Å². The van der Waals surface area contributed by atoms with Crippen LogP contribution >= 0.6 is 0 Å². The topological polar surface area (TPSA) is 69.6 Å². The second kappa shape index (κ2) is 6.48. The number of aryl methyl sites for hydroxylation is 1. The lowest BCUT2D eigenvalue weighted by Crippen LogP contribution is -2.42. The quantitative estimate of drug-likeness (QED) is 0.872. The maximum absolute atomic E-state index is 12.3. The monoisotopic (exact) mass is 304 g/mol. The predicted molar refractivity (Wildman–Crippen MR) is 86.0 cm³/mol. The standard InChI is InChI=1S/C17H24N2O3/c1-4-17(22,5-2)11-18-16(21)13-6-8-14-12(10-13)7-9-15(20)19(14)3/h6,8,10,22H,4-5,7,9,11H2,1-3H3,(H,18,21). The minimum absolute atomic E-state index is 0.0978. The fourth-order valence-electron chi connectivity index (χ4n) is 2.64. The van der Waals surface area contributed by atoms with Crippen LogP contribution in [0.4, 0.5) is 5.69 Å². The number of carbonyl (C=O) groups excluding carboxylic acids is 2. The van der Waals surface area contributed by atoms with E-state index in [1.807, 2.05) is 26.0 Å². The first kappa shape index (κ1) is 16.5. The van der Waals surface area contributed by atoms with E-state index in [-0.39, 0.29) is 18.4 Å². The maximum atomic E-state index is 12.3. The van der Waals surface area contributed by atoms with E-state index in [0.717, 1.165) is 11.3 Å². The molecule has 1 aromatic rings. The average molecular weight is 304 g/mol. The van der Waals surface area contributed by atoms with Gasteiger partial charge in [-0.1, -0.05) is 13.8 Å². The molecule has 1 aliphatic heterocycles. The second-order valence-electron chi connectivity index (χ2n) is 5.91. The first-order chi connectivity index (χ1) is 10.4. The van der Waals surface area contributed by atoms with Crippen LogP contribution < -0.4 is 10.2 Å². The minimum atomic E-state index is -0.851. The predicted octanol–water partition coefficient (Wildman–Crippen LogP) is 1.88. The minimum Gasteiger partial charge on any atom is -0.388 e. The normalized spacial score (nSPS) is 14.7. The molecular formula is C17H24N2O3. The molecule has 2 rings (SSSR count). The summed E-state index contributed by atoms with van der Waals surface area (Å²) in [7, 11) is 1.75. The first-order valence-electron chi connectivity index (χ1n) is 7.80. The van der Waals surface area contributed by atoms with E-state index >= 15 is 0 Å². The zero-order valence-electron chi connectivity index (χ0n) is 13.5. The van der Waals surface area contributed by atoms with Crippen LogP contribution in [0.2, 0.25) is 0 Å². The Bertz CT molecular complexity index is 579. The molecule has 1 heterocycles. The summed E-state index contributed by atoms with van der Waals surface area (Å²) in [5.74, 6) is -0.0941. The van der Waals surface area contributed by atoms with Crippen LogP contribution in [-0.2, 0) is 11.2 Å². The molecule has 0 bridgehead atoms. The molecule has 5 heteroatoms. The Hall–Kier alpha value is -1.88. The van der Waals surface area contributed by atoms with Crippen molar-refractivity contribution in [1.29, 1.82) is 0 Å². The molecule has 0 saturated carbocycles. The van der Waals surface area contributed by atoms with Gasteiger partial charge in [-0.3, -0.25) is 9.59 Å². The van der Waals surface area contributed by atoms with Crippen molar-refractivity contribution in [3.05, 3.63) is 29.3 Å². The molecule has 2 amide bonds. The van der Waals surface area contributed by atoms with Crippen molar-refractivity contribution in [3.8, 4) is 0 Å². The van der Waals surface area contributed by atoms with Crippen LogP contribution in [0.3, 0.4) is 0 Å². The molecule has 5 nitrogen and oxygen atoms in total. The number of carbonyl (C=O) groups is 2. The Morgan fingerprint density at radius 2 is 2.00 bits per heavy atom. The van der Waals surface area contributed by atoms with Gasteiger partial charge in [-0.2, -0.15) is 0 Å². The Morgan fingerprint density at radius 3 is 2.64 bits per heavy atom. The number of anilines is 1. The van der Waals surface area contributed by atoms with E-state index in [9.17, 15) is 14.7 Å². The number of nitrogens with one attached hydrogen (secondary N) is 1. The number of benzene rings is 1. The summed E-state index contributed by atoms with van der Waals surface area (Å²) in [5, 5.41) is 13.0. The summed E-state index contributed by atoms with van der Waals surface area (Å²) < 4.78 is 0. The summed E-state index contributed by atoms with van der Waals surface area (Å²) in [6.45, 7) is 4.05. The largest absolute Gasteiger partial charge is 0.388 e. The molecule has 1 aromatic carbocycles. The van der Waals surface area contributed by atoms with Crippen molar-refractivity contribution in [2.45, 2.75) is 45.1 Å². The van der Waals surface area contributed by atoms with Crippen LogP contribution in [0, 0.1) is 0 Å². The van der Waals surface area contributed by atoms with Gasteiger partial charge in [-0.15, -0.1) is 0 Å². The Morgan fingerprint density at radius 1 is 1.32 bits per heavy atom. The Kier molecular flexibility index (Phi) is 4.86. The maximum Gasteiger partial charge on any atom is 0.251 e. The van der Waals surface area contributed by atoms with Crippen molar-refractivity contribution in [3.63, 3.8) is 0 Å². The number of nitrogens with zero attached hydrogens (tertiary/aromatic N) is 1. The Labute approximate surface area is 131 Å². The third kappa shape index (κ3) is 3.30. The second-order valence-corrected chi connectivity index (χ2v) is 5.91. The molecule has 2 N–H and O–H groups in total. The molecule has 0 atom stereocenters. The summed E-state index contributed by atoms with van der Waals surface area (Å²) in [6, 6.07) is 5.37. The number of fused-ring (bicyclic) bond motifs is 1. The van der Waals surface area contributed by atoms with Crippen LogP contribution in [-0.4, -0.2) is 36.1 Å². The fourth-order valence-corrected chi connectivity index (χ4v) is 2.64. The molecular weight excluding hydrogens is 280 g/mol. The average Bonchev–Trinajstić information content (AvgIpc) is 2.55. The molecule has 0 saturated heterocycles. The lowest BCUT2D eigenvalue weighted by Gasteiger charge is -2.27. The highest BCUT2D eigenvalue weighted by molar-refractivity contribution is 5.98. The van der Waals surface area contributed by atoms with Crippen molar-refractivity contribution in [1.82, 2.24) is 5.32 Å². The van der Waals surface area contributed by atoms with Gasteiger partial charge in [0.05, 0.1) is 5.60 Å². The molecule has 0 aromatic heterocycles. The van der Waals surface area contributed by atoms with Gasteiger partial charge in [-0.05, 0) is 43.0 Å². The highest BCUT2D eigenvalue weighted by Crippen LogP contribution is 2.27. The molecule has 0 aliphatic carbocycles. The van der Waals surface area contributed by atoms with E-state index in [2.05, 4.69) is 5.32 Å². The van der Waals surface area contributed by atoms with Gasteiger partial charge >= 0.3 is 0 Å². The molecule has 0 unspecified atom stereocenters. The molecule has 0 fully saturated rings. The van der Waals surface area contributed by atoms with Crippen LogP contribution in [0.1, 0.15) is 49.0 Å². The van der Waals surface area contributed by atoms with Crippen molar-refractivity contribution >= 4 is 17.5 Å². The summed E-state index contributed by atoms with van der Waals surface area (Å²) in [5.41, 5.74) is 1.59. The lowest BCUT2D eigenvalue weighted by molar-refractivity contribution is -0.118. The summed E-state index contributed by atoms with van der Waals surface area (Å²) in [6.07, 6.45) is 2.33. The molecule has 22 heavy (non-hydrogen) atoms. The van der Waals surface area contributed by atoms with Crippen LogP contribution in [0.25, 0.3) is 0 Å². The van der Waals surface area contributed by atoms with Crippen molar-refractivity contribution in [2.75, 3.05) is 18.5 Å². The number of hydrogen-bond donors (Lipinski definition) is 2. The summed E-state index contributed by atoms with van der Waals surface area (Å²) >= 11 is 0. The van der Waals surface area contributed by atoms with E-state index in [4.69, 9.17) is 0 Å². The molecule has 0 spiro atoms. The summed E-state index contributed by atoms with van der Waals surface area (Å²) in [4.78, 5) is 25.6. The SMILES string of the molecule is CCC(O)(CC)CNC(=O)c1ccc2c(c1)CCC(=O)N2C. The molecule has 0 radical (unpaired) electrons. The first-order valence-corrected chi connectivity index (χ1v) is 7.80. The lowest BCUT2D eigenvalue weighted by atomic mass is 9.96. The zero-order chi connectivity index (χ0) is 16.3. The van der Waals surface area contributed by atoms with Crippen LogP contribution in [0.5, 0.6) is 0 Å². The van der Waals surface area contributed by atoms with Gasteiger partial charge < -0.3 is 15.3 Å². The third-order valence-corrected chi connectivity index (χ3v) is 4.58. The van der Waals surface area contributed by atoms with Gasteiger partial charge in [0.15, 0.2) is 0 Å². The fraction of sp³-hybridized carbons (Fsp3) is 0.529. The van der Waals surface area contributed by atoms with Crippen molar-refractivity contribution in [2.24, 2.45) is 0 Å². The molecule has 120 valence electrons. The molecule has 1 aliphatic rings. The number of aliphatic hydroxyl groups is 1. The zero-order valence-corrected chi connectivity index (χ0v) is 13.5. The number of hydrogen-bond acceptors (Lipinski definition) is 3. The Balaban J connectivity index is 2.10.